The summed E-state index contributed by atoms with van der Waals surface area (Å²) in [4.78, 5) is 37.4. The Hall–Kier alpha value is -3.55. The SMILES string of the molecule is Cc1cc(C2(c3cc(C)c(OCC(=O)Cl)c(C)c3)CCN(C(=O)OCc3ccccc3)CC2)cc(C)c1OCC(=O)Cl. The number of hydrogen-bond donors (Lipinski definition) is 0. The molecule has 0 aromatic heterocycles. The topological polar surface area (TPSA) is 82.1 Å². The first-order valence-electron chi connectivity index (χ1n) is 13.8. The summed E-state index contributed by atoms with van der Waals surface area (Å²) in [7, 11) is 0. The minimum absolute atomic E-state index is 0.210. The Morgan fingerprint density at radius 3 is 1.57 bits per heavy atom. The molecular formula is C33H35Cl2NO6. The van der Waals surface area contributed by atoms with E-state index in [0.29, 0.717) is 37.4 Å². The molecule has 42 heavy (non-hydrogen) atoms. The molecule has 0 spiro atoms. The van der Waals surface area contributed by atoms with Gasteiger partial charge in [0.1, 0.15) is 18.1 Å². The average Bonchev–Trinajstić information content (AvgIpc) is 2.95. The van der Waals surface area contributed by atoms with E-state index in [9.17, 15) is 14.4 Å². The summed E-state index contributed by atoms with van der Waals surface area (Å²) in [5.74, 6) is 1.26. The monoisotopic (exact) mass is 611 g/mol. The number of amides is 1. The van der Waals surface area contributed by atoms with Crippen LogP contribution in [0.2, 0.25) is 0 Å². The molecule has 0 radical (unpaired) electrons. The summed E-state index contributed by atoms with van der Waals surface area (Å²) in [6, 6.07) is 18.0. The van der Waals surface area contributed by atoms with Gasteiger partial charge in [0, 0.05) is 18.5 Å². The summed E-state index contributed by atoms with van der Waals surface area (Å²) in [6.07, 6.45) is 0.980. The van der Waals surface area contributed by atoms with Gasteiger partial charge in [-0.05, 0) is 103 Å². The molecule has 3 aromatic rings. The number of hydrogen-bond acceptors (Lipinski definition) is 6. The van der Waals surface area contributed by atoms with Gasteiger partial charge >= 0.3 is 6.09 Å². The smallest absolute Gasteiger partial charge is 0.410 e. The lowest BCUT2D eigenvalue weighted by molar-refractivity contribution is -0.114. The van der Waals surface area contributed by atoms with Crippen LogP contribution in [0, 0.1) is 27.7 Å². The number of rotatable bonds is 10. The molecule has 0 atom stereocenters. The molecule has 1 amide bonds. The van der Waals surface area contributed by atoms with Crippen LogP contribution in [0.5, 0.6) is 11.5 Å². The first-order valence-corrected chi connectivity index (χ1v) is 14.6. The van der Waals surface area contributed by atoms with Gasteiger partial charge in [0.15, 0.2) is 13.2 Å². The molecule has 4 rings (SSSR count). The summed E-state index contributed by atoms with van der Waals surface area (Å²) < 4.78 is 17.1. The Bertz CT molecular complexity index is 1340. The number of nitrogens with zero attached hydrogens (tertiary/aromatic N) is 1. The molecule has 9 heteroatoms. The molecule has 1 saturated heterocycles. The second-order valence-electron chi connectivity index (χ2n) is 10.8. The number of aryl methyl sites for hydroxylation is 4. The molecule has 1 aliphatic heterocycles. The number of halogens is 2. The molecule has 0 unspecified atom stereocenters. The van der Waals surface area contributed by atoms with Crippen LogP contribution in [-0.4, -0.2) is 47.8 Å². The van der Waals surface area contributed by atoms with Gasteiger partial charge in [-0.3, -0.25) is 9.59 Å². The van der Waals surface area contributed by atoms with Crippen LogP contribution in [0.4, 0.5) is 4.79 Å². The molecule has 1 aliphatic rings. The van der Waals surface area contributed by atoms with Crippen LogP contribution < -0.4 is 9.47 Å². The van der Waals surface area contributed by atoms with Crippen molar-refractivity contribution in [2.45, 2.75) is 52.6 Å². The van der Waals surface area contributed by atoms with E-state index in [4.69, 9.17) is 37.4 Å². The van der Waals surface area contributed by atoms with Crippen molar-refractivity contribution in [3.63, 3.8) is 0 Å². The Labute approximate surface area is 256 Å². The Balaban J connectivity index is 1.67. The Morgan fingerprint density at radius 1 is 0.738 bits per heavy atom. The maximum atomic E-state index is 13.0. The zero-order chi connectivity index (χ0) is 30.4. The second-order valence-corrected chi connectivity index (χ2v) is 11.6. The molecule has 7 nitrogen and oxygen atoms in total. The molecule has 222 valence electrons. The minimum Gasteiger partial charge on any atom is -0.484 e. The molecule has 1 heterocycles. The maximum Gasteiger partial charge on any atom is 0.410 e. The largest absolute Gasteiger partial charge is 0.484 e. The highest BCUT2D eigenvalue weighted by molar-refractivity contribution is 6.64. The number of carbonyl (C=O) groups is 3. The van der Waals surface area contributed by atoms with Crippen molar-refractivity contribution in [1.29, 1.82) is 0 Å². The lowest BCUT2D eigenvalue weighted by Gasteiger charge is -2.43. The Kier molecular flexibility index (Phi) is 10.2. The van der Waals surface area contributed by atoms with Crippen LogP contribution in [0.15, 0.2) is 54.6 Å². The number of benzene rings is 3. The first-order chi connectivity index (χ1) is 20.0. The number of likely N-dealkylation sites (tertiary alicyclic amines) is 1. The third kappa shape index (κ3) is 7.26. The average molecular weight is 613 g/mol. The maximum absolute atomic E-state index is 13.0. The van der Waals surface area contributed by atoms with Crippen molar-refractivity contribution >= 4 is 39.8 Å². The normalized spacial score (nSPS) is 14.3. The van der Waals surface area contributed by atoms with Gasteiger partial charge < -0.3 is 19.1 Å². The number of piperidine rings is 1. The van der Waals surface area contributed by atoms with Crippen LogP contribution in [-0.2, 0) is 26.3 Å². The van der Waals surface area contributed by atoms with Crippen LogP contribution >= 0.6 is 23.2 Å². The molecule has 0 N–H and O–H groups in total. The van der Waals surface area contributed by atoms with Gasteiger partial charge in [0.05, 0.1) is 0 Å². The molecular weight excluding hydrogens is 577 g/mol. The van der Waals surface area contributed by atoms with Crippen LogP contribution in [0.3, 0.4) is 0 Å². The standard InChI is InChI=1S/C33H35Cl2NO6/c1-21-14-26(15-22(2)30(21)40-19-28(34)37)33(27-16-23(3)31(24(4)17-27)41-20-29(35)38)10-12-36(13-11-33)32(39)42-18-25-8-6-5-7-9-25/h5-9,14-17H,10-13,18-20H2,1-4H3. The predicted octanol–water partition coefficient (Wildman–Crippen LogP) is 6.93. The van der Waals surface area contributed by atoms with Gasteiger partial charge in [-0.2, -0.15) is 0 Å². The summed E-state index contributed by atoms with van der Waals surface area (Å²) in [5, 5.41) is -1.13. The van der Waals surface area contributed by atoms with Gasteiger partial charge in [0.25, 0.3) is 10.5 Å². The quantitative estimate of drug-likeness (QED) is 0.231. The fourth-order valence-electron chi connectivity index (χ4n) is 5.79. The van der Waals surface area contributed by atoms with E-state index in [1.54, 1.807) is 4.90 Å². The van der Waals surface area contributed by atoms with E-state index < -0.39 is 15.9 Å². The second kappa shape index (κ2) is 13.6. The van der Waals surface area contributed by atoms with Gasteiger partial charge in [0.2, 0.25) is 0 Å². The van der Waals surface area contributed by atoms with Crippen molar-refractivity contribution in [2.24, 2.45) is 0 Å². The fourth-order valence-corrected chi connectivity index (χ4v) is 5.90. The van der Waals surface area contributed by atoms with Gasteiger partial charge in [-0.1, -0.05) is 54.6 Å². The molecule has 3 aromatic carbocycles. The van der Waals surface area contributed by atoms with E-state index in [-0.39, 0.29) is 25.9 Å². The van der Waals surface area contributed by atoms with Crippen molar-refractivity contribution in [2.75, 3.05) is 26.3 Å². The third-order valence-corrected chi connectivity index (χ3v) is 7.98. The highest BCUT2D eigenvalue weighted by Crippen LogP contribution is 2.45. The van der Waals surface area contributed by atoms with Gasteiger partial charge in [-0.25, -0.2) is 4.79 Å². The highest BCUT2D eigenvalue weighted by atomic mass is 35.5. The van der Waals surface area contributed by atoms with E-state index >= 15 is 0 Å². The highest BCUT2D eigenvalue weighted by Gasteiger charge is 2.40. The van der Waals surface area contributed by atoms with Crippen LogP contribution in [0.1, 0.15) is 51.8 Å². The van der Waals surface area contributed by atoms with Crippen molar-refractivity contribution in [1.82, 2.24) is 4.90 Å². The van der Waals surface area contributed by atoms with E-state index in [1.165, 1.54) is 0 Å². The van der Waals surface area contributed by atoms with Gasteiger partial charge in [-0.15, -0.1) is 0 Å². The summed E-state index contributed by atoms with van der Waals surface area (Å²) in [6.45, 7) is 8.60. The molecule has 1 fully saturated rings. The lowest BCUT2D eigenvalue weighted by atomic mass is 9.67. The molecule has 0 aliphatic carbocycles. The summed E-state index contributed by atoms with van der Waals surface area (Å²) in [5.41, 5.74) is 6.24. The van der Waals surface area contributed by atoms with E-state index in [2.05, 4.69) is 24.3 Å². The zero-order valence-electron chi connectivity index (χ0n) is 24.3. The summed E-state index contributed by atoms with van der Waals surface area (Å²) >= 11 is 11.0. The Morgan fingerprint density at radius 2 is 1.17 bits per heavy atom. The molecule has 0 bridgehead atoms. The first kappa shape index (κ1) is 31.4. The number of ether oxygens (including phenoxy) is 3. The van der Waals surface area contributed by atoms with E-state index in [0.717, 1.165) is 38.9 Å². The molecule has 0 saturated carbocycles. The third-order valence-electron chi connectivity index (χ3n) is 7.77. The number of carbonyl (C=O) groups excluding carboxylic acids is 3. The predicted molar refractivity (Wildman–Crippen MR) is 163 cm³/mol. The fraction of sp³-hybridized carbons (Fsp3) is 0.364. The van der Waals surface area contributed by atoms with E-state index in [1.807, 2.05) is 58.0 Å². The lowest BCUT2D eigenvalue weighted by Crippen LogP contribution is -2.46. The van der Waals surface area contributed by atoms with Crippen LogP contribution in [0.25, 0.3) is 0 Å². The van der Waals surface area contributed by atoms with Crippen molar-refractivity contribution in [3.05, 3.63) is 93.5 Å². The van der Waals surface area contributed by atoms with Crippen molar-refractivity contribution in [3.8, 4) is 11.5 Å². The van der Waals surface area contributed by atoms with Crippen molar-refractivity contribution < 1.29 is 28.6 Å². The zero-order valence-corrected chi connectivity index (χ0v) is 25.8. The minimum atomic E-state index is -0.565.